The number of hydrogen-bond acceptors (Lipinski definition) is 4. The number of aliphatic hydroxyl groups excluding tert-OH is 1. The van der Waals surface area contributed by atoms with E-state index in [9.17, 15) is 5.11 Å². The van der Waals surface area contributed by atoms with Crippen LogP contribution in [0.2, 0.25) is 0 Å². The number of aliphatic hydroxyl groups is 1. The Labute approximate surface area is 95.1 Å². The molecule has 1 fully saturated rings. The molecule has 1 aliphatic carbocycles. The summed E-state index contributed by atoms with van der Waals surface area (Å²) in [4.78, 5) is 6.07. The zero-order chi connectivity index (χ0) is 11.5. The zero-order valence-electron chi connectivity index (χ0n) is 9.30. The van der Waals surface area contributed by atoms with Crippen LogP contribution in [-0.4, -0.2) is 29.8 Å². The van der Waals surface area contributed by atoms with Crippen LogP contribution in [0.1, 0.15) is 18.5 Å². The third-order valence-corrected chi connectivity index (χ3v) is 2.87. The number of rotatable bonds is 4. The normalized spacial score (nSPS) is 16.6. The molecule has 0 radical (unpaired) electrons. The summed E-state index contributed by atoms with van der Waals surface area (Å²) >= 11 is 0. The van der Waals surface area contributed by atoms with Gasteiger partial charge >= 0.3 is 0 Å². The Hall–Kier alpha value is -1.60. The fourth-order valence-electron chi connectivity index (χ4n) is 1.70. The number of likely N-dealkylation sites (N-methyl/N-ethyl adjacent to an activating group) is 1. The fourth-order valence-corrected chi connectivity index (χ4v) is 1.70. The first kappa shape index (κ1) is 10.9. The van der Waals surface area contributed by atoms with E-state index in [4.69, 9.17) is 5.26 Å². The van der Waals surface area contributed by atoms with Gasteiger partial charge < -0.3 is 10.0 Å². The lowest BCUT2D eigenvalue weighted by atomic mass is 10.2. The molecule has 0 bridgehead atoms. The van der Waals surface area contributed by atoms with E-state index in [2.05, 4.69) is 4.98 Å². The molecule has 0 saturated heterocycles. The first-order valence-corrected chi connectivity index (χ1v) is 5.47. The highest BCUT2D eigenvalue weighted by molar-refractivity contribution is 5.40. The van der Waals surface area contributed by atoms with E-state index in [0.717, 1.165) is 18.7 Å². The topological polar surface area (TPSA) is 60.1 Å². The molecule has 4 heteroatoms. The largest absolute Gasteiger partial charge is 0.391 e. The Kier molecular flexibility index (Phi) is 3.07. The van der Waals surface area contributed by atoms with Crippen molar-refractivity contribution in [3.05, 3.63) is 23.9 Å². The molecule has 1 N–H and O–H groups in total. The number of aromatic nitrogens is 1. The summed E-state index contributed by atoms with van der Waals surface area (Å²) in [5.74, 6) is 1.19. The van der Waals surface area contributed by atoms with Crippen molar-refractivity contribution in [3.8, 4) is 6.07 Å². The summed E-state index contributed by atoms with van der Waals surface area (Å²) in [5, 5.41) is 18.6. The predicted octanol–water partition coefficient (Wildman–Crippen LogP) is 1.16. The second-order valence-corrected chi connectivity index (χ2v) is 4.28. The summed E-state index contributed by atoms with van der Waals surface area (Å²) in [5.41, 5.74) is 0.408. The molecule has 1 saturated carbocycles. The van der Waals surface area contributed by atoms with Gasteiger partial charge in [0.15, 0.2) is 0 Å². The molecule has 1 aromatic rings. The van der Waals surface area contributed by atoms with E-state index in [-0.39, 0.29) is 6.10 Å². The van der Waals surface area contributed by atoms with Gasteiger partial charge in [0, 0.05) is 13.6 Å². The van der Waals surface area contributed by atoms with Gasteiger partial charge in [-0.3, -0.25) is 0 Å². The fraction of sp³-hybridized carbons (Fsp3) is 0.500. The summed E-state index contributed by atoms with van der Waals surface area (Å²) in [6, 6.07) is 7.34. The first-order chi connectivity index (χ1) is 7.70. The van der Waals surface area contributed by atoms with E-state index >= 15 is 0 Å². The summed E-state index contributed by atoms with van der Waals surface area (Å²) in [7, 11) is 1.88. The van der Waals surface area contributed by atoms with Crippen molar-refractivity contribution < 1.29 is 5.11 Å². The van der Waals surface area contributed by atoms with Crippen molar-refractivity contribution in [1.29, 1.82) is 5.26 Å². The van der Waals surface area contributed by atoms with Gasteiger partial charge in [0.2, 0.25) is 0 Å². The smallest absolute Gasteiger partial charge is 0.142 e. The average Bonchev–Trinajstić information content (AvgIpc) is 3.13. The lowest BCUT2D eigenvalue weighted by molar-refractivity contribution is 0.158. The molecule has 1 atom stereocenters. The van der Waals surface area contributed by atoms with Crippen LogP contribution in [0.15, 0.2) is 18.2 Å². The number of anilines is 1. The maximum Gasteiger partial charge on any atom is 0.142 e. The highest BCUT2D eigenvalue weighted by Crippen LogP contribution is 2.33. The third-order valence-electron chi connectivity index (χ3n) is 2.87. The van der Waals surface area contributed by atoms with Gasteiger partial charge in [-0.2, -0.15) is 5.26 Å². The van der Waals surface area contributed by atoms with Gasteiger partial charge in [-0.1, -0.05) is 6.07 Å². The van der Waals surface area contributed by atoms with Crippen LogP contribution in [0.3, 0.4) is 0 Å². The highest BCUT2D eigenvalue weighted by atomic mass is 16.3. The average molecular weight is 217 g/mol. The van der Waals surface area contributed by atoms with Gasteiger partial charge in [-0.25, -0.2) is 4.98 Å². The summed E-state index contributed by atoms with van der Waals surface area (Å²) in [6.07, 6.45) is 1.97. The molecule has 0 amide bonds. The molecular weight excluding hydrogens is 202 g/mol. The second kappa shape index (κ2) is 4.50. The van der Waals surface area contributed by atoms with Crippen LogP contribution in [0.4, 0.5) is 5.82 Å². The molecule has 0 spiro atoms. The molecule has 0 aromatic carbocycles. The van der Waals surface area contributed by atoms with Crippen LogP contribution >= 0.6 is 0 Å². The van der Waals surface area contributed by atoms with Crippen LogP contribution < -0.4 is 4.90 Å². The number of hydrogen-bond donors (Lipinski definition) is 1. The molecule has 2 rings (SSSR count). The van der Waals surface area contributed by atoms with Crippen LogP contribution in [-0.2, 0) is 0 Å². The Morgan fingerprint density at radius 2 is 2.38 bits per heavy atom. The SMILES string of the molecule is CN(CC(O)C1CC1)c1cccc(C#N)n1. The van der Waals surface area contributed by atoms with Crippen molar-refractivity contribution in [2.24, 2.45) is 5.92 Å². The standard InChI is InChI=1S/C12H15N3O/c1-15(8-11(16)9-5-6-9)12-4-2-3-10(7-13)14-12/h2-4,9,11,16H,5-6,8H2,1H3. The van der Waals surface area contributed by atoms with E-state index in [1.165, 1.54) is 0 Å². The molecule has 1 unspecified atom stereocenters. The van der Waals surface area contributed by atoms with E-state index in [0.29, 0.717) is 18.2 Å². The Morgan fingerprint density at radius 3 is 3.00 bits per heavy atom. The number of nitriles is 1. The monoisotopic (exact) mass is 217 g/mol. The molecule has 1 heterocycles. The van der Waals surface area contributed by atoms with Crippen molar-refractivity contribution in [2.75, 3.05) is 18.5 Å². The summed E-state index contributed by atoms with van der Waals surface area (Å²) in [6.45, 7) is 0.576. The van der Waals surface area contributed by atoms with Crippen molar-refractivity contribution in [2.45, 2.75) is 18.9 Å². The van der Waals surface area contributed by atoms with Gasteiger partial charge in [0.05, 0.1) is 6.10 Å². The second-order valence-electron chi connectivity index (χ2n) is 4.28. The predicted molar refractivity (Wildman–Crippen MR) is 61.0 cm³/mol. The van der Waals surface area contributed by atoms with Crippen molar-refractivity contribution in [3.63, 3.8) is 0 Å². The maximum absolute atomic E-state index is 9.81. The molecule has 0 aliphatic heterocycles. The van der Waals surface area contributed by atoms with E-state index in [1.807, 2.05) is 24.1 Å². The maximum atomic E-state index is 9.81. The Bertz CT molecular complexity index is 409. The van der Waals surface area contributed by atoms with Gasteiger partial charge in [0.25, 0.3) is 0 Å². The van der Waals surface area contributed by atoms with Crippen LogP contribution in [0.5, 0.6) is 0 Å². The molecule has 1 aromatic heterocycles. The van der Waals surface area contributed by atoms with E-state index < -0.39 is 0 Å². The zero-order valence-corrected chi connectivity index (χ0v) is 9.30. The van der Waals surface area contributed by atoms with Crippen molar-refractivity contribution >= 4 is 5.82 Å². The Balaban J connectivity index is 2.02. The first-order valence-electron chi connectivity index (χ1n) is 5.47. The number of nitrogens with zero attached hydrogens (tertiary/aromatic N) is 3. The minimum absolute atomic E-state index is 0.280. The van der Waals surface area contributed by atoms with Crippen molar-refractivity contribution in [1.82, 2.24) is 4.98 Å². The van der Waals surface area contributed by atoms with Crippen LogP contribution in [0.25, 0.3) is 0 Å². The van der Waals surface area contributed by atoms with E-state index in [1.54, 1.807) is 12.1 Å². The molecule has 4 nitrogen and oxygen atoms in total. The quantitative estimate of drug-likeness (QED) is 0.822. The lowest BCUT2D eigenvalue weighted by Gasteiger charge is -2.21. The Morgan fingerprint density at radius 1 is 1.62 bits per heavy atom. The number of pyridine rings is 1. The molecule has 1 aliphatic rings. The lowest BCUT2D eigenvalue weighted by Crippen LogP contribution is -2.30. The van der Waals surface area contributed by atoms with Gasteiger partial charge in [-0.05, 0) is 30.9 Å². The third kappa shape index (κ3) is 2.50. The van der Waals surface area contributed by atoms with Crippen LogP contribution in [0, 0.1) is 17.2 Å². The molecule has 84 valence electrons. The minimum atomic E-state index is -0.280. The minimum Gasteiger partial charge on any atom is -0.391 e. The molecular formula is C12H15N3O. The highest BCUT2D eigenvalue weighted by Gasteiger charge is 2.30. The van der Waals surface area contributed by atoms with Gasteiger partial charge in [0.1, 0.15) is 17.6 Å². The van der Waals surface area contributed by atoms with Gasteiger partial charge in [-0.15, -0.1) is 0 Å². The summed E-state index contributed by atoms with van der Waals surface area (Å²) < 4.78 is 0. The molecule has 16 heavy (non-hydrogen) atoms.